The molecule has 0 saturated carbocycles. The molecule has 9 nitrogen and oxygen atoms in total. The first kappa shape index (κ1) is 23.6. The number of hydrogen-bond donors (Lipinski definition) is 2. The van der Waals surface area contributed by atoms with Crippen LogP contribution in [0.3, 0.4) is 0 Å². The normalized spacial score (nSPS) is 12.2. The van der Waals surface area contributed by atoms with E-state index in [0.29, 0.717) is 11.1 Å². The molecule has 10 heteroatoms. The van der Waals surface area contributed by atoms with Gasteiger partial charge in [-0.15, -0.1) is 0 Å². The van der Waals surface area contributed by atoms with E-state index >= 15 is 0 Å². The van der Waals surface area contributed by atoms with Crippen molar-refractivity contribution in [3.05, 3.63) is 28.3 Å². The zero-order valence-corrected chi connectivity index (χ0v) is 17.7. The second-order valence-electron chi connectivity index (χ2n) is 6.31. The Hall–Kier alpha value is -2.46. The Balaban J connectivity index is 2.82. The zero-order chi connectivity index (χ0) is 21.6. The molecule has 0 spiro atoms. The van der Waals surface area contributed by atoms with Gasteiger partial charge in [-0.1, -0.05) is 6.07 Å². The highest BCUT2D eigenvalue weighted by atomic mass is 32.2. The van der Waals surface area contributed by atoms with Crippen molar-refractivity contribution in [1.29, 1.82) is 0 Å². The van der Waals surface area contributed by atoms with Gasteiger partial charge < -0.3 is 9.47 Å². The number of aryl methyl sites for hydroxylation is 2. The summed E-state index contributed by atoms with van der Waals surface area (Å²) in [4.78, 5) is 34.7. The van der Waals surface area contributed by atoms with Crippen LogP contribution in [-0.4, -0.2) is 45.6 Å². The largest absolute Gasteiger partial charge is 0.454 e. The molecule has 0 aromatic heterocycles. The van der Waals surface area contributed by atoms with Crippen LogP contribution in [0, 0.1) is 27.7 Å². The summed E-state index contributed by atoms with van der Waals surface area (Å²) in [6, 6.07) is 0.656. The van der Waals surface area contributed by atoms with Gasteiger partial charge in [-0.05, 0) is 63.8 Å². The molecule has 1 atom stereocenters. The quantitative estimate of drug-likeness (QED) is 0.646. The highest BCUT2D eigenvalue weighted by Gasteiger charge is 2.27. The molecule has 0 radical (unpaired) electrons. The number of nitrogens with one attached hydrogen (secondary N) is 2. The summed E-state index contributed by atoms with van der Waals surface area (Å²) in [7, 11) is -4.00. The number of amides is 2. The van der Waals surface area contributed by atoms with E-state index in [9.17, 15) is 22.8 Å². The molecule has 0 saturated heterocycles. The summed E-state index contributed by atoms with van der Waals surface area (Å²) >= 11 is 0. The molecule has 0 heterocycles. The molecular weight excluding hydrogens is 388 g/mol. The lowest BCUT2D eigenvalue weighted by Crippen LogP contribution is -2.42. The minimum atomic E-state index is -4.00. The van der Waals surface area contributed by atoms with Crippen LogP contribution in [0.1, 0.15) is 36.1 Å². The van der Waals surface area contributed by atoms with Gasteiger partial charge in [0.25, 0.3) is 5.91 Å². The Morgan fingerprint density at radius 1 is 1.04 bits per heavy atom. The van der Waals surface area contributed by atoms with Crippen LogP contribution in [0.5, 0.6) is 0 Å². The minimum Gasteiger partial charge on any atom is -0.454 e. The van der Waals surface area contributed by atoms with Gasteiger partial charge in [0.15, 0.2) is 6.61 Å². The van der Waals surface area contributed by atoms with E-state index in [1.807, 2.05) is 11.4 Å². The number of carbonyl (C=O) groups is 3. The van der Waals surface area contributed by atoms with Gasteiger partial charge in [0.1, 0.15) is 6.04 Å². The Labute approximate surface area is 164 Å². The van der Waals surface area contributed by atoms with E-state index in [0.717, 1.165) is 11.1 Å². The van der Waals surface area contributed by atoms with Gasteiger partial charge in [0, 0.05) is 0 Å². The maximum absolute atomic E-state index is 12.8. The van der Waals surface area contributed by atoms with E-state index < -0.39 is 40.6 Å². The van der Waals surface area contributed by atoms with Crippen molar-refractivity contribution in [3.63, 3.8) is 0 Å². The number of alkyl carbamates (subject to hydrolysis) is 1. The van der Waals surface area contributed by atoms with Crippen molar-refractivity contribution in [1.82, 2.24) is 10.0 Å². The average molecular weight is 414 g/mol. The maximum atomic E-state index is 12.8. The monoisotopic (exact) mass is 414 g/mol. The number of sulfonamides is 1. The third kappa shape index (κ3) is 6.03. The highest BCUT2D eigenvalue weighted by molar-refractivity contribution is 7.89. The summed E-state index contributed by atoms with van der Waals surface area (Å²) in [6.07, 6.45) is -0.960. The lowest BCUT2D eigenvalue weighted by Gasteiger charge is -2.18. The van der Waals surface area contributed by atoms with Gasteiger partial charge in [0.2, 0.25) is 10.0 Å². The number of carbonyl (C=O) groups excluding carboxylic acids is 3. The average Bonchev–Trinajstić information content (AvgIpc) is 2.57. The zero-order valence-electron chi connectivity index (χ0n) is 16.8. The summed E-state index contributed by atoms with van der Waals surface area (Å²) in [5.74, 6) is -1.84. The predicted octanol–water partition coefficient (Wildman–Crippen LogP) is 1.40. The summed E-state index contributed by atoms with van der Waals surface area (Å²) < 4.78 is 37.1. The van der Waals surface area contributed by atoms with Crippen molar-refractivity contribution in [2.75, 3.05) is 13.2 Å². The van der Waals surface area contributed by atoms with Crippen molar-refractivity contribution < 1.29 is 32.3 Å². The van der Waals surface area contributed by atoms with Crippen molar-refractivity contribution in [2.24, 2.45) is 0 Å². The lowest BCUT2D eigenvalue weighted by atomic mass is 10.0. The second-order valence-corrected chi connectivity index (χ2v) is 7.96. The maximum Gasteiger partial charge on any atom is 0.413 e. The molecule has 2 amide bonds. The Morgan fingerprint density at radius 3 is 2.07 bits per heavy atom. The Bertz CT molecular complexity index is 852. The fraction of sp³-hybridized carbons (Fsp3) is 0.500. The molecule has 0 aliphatic heterocycles. The highest BCUT2D eigenvalue weighted by Crippen LogP contribution is 2.26. The van der Waals surface area contributed by atoms with E-state index in [2.05, 4.69) is 9.46 Å². The second kappa shape index (κ2) is 9.65. The molecule has 0 unspecified atom stereocenters. The van der Waals surface area contributed by atoms with Crippen LogP contribution < -0.4 is 10.0 Å². The van der Waals surface area contributed by atoms with Crippen molar-refractivity contribution >= 4 is 28.0 Å². The van der Waals surface area contributed by atoms with E-state index in [1.165, 1.54) is 6.92 Å². The summed E-state index contributed by atoms with van der Waals surface area (Å²) in [6.45, 7) is 9.20. The first-order chi connectivity index (χ1) is 12.9. The lowest BCUT2D eigenvalue weighted by molar-refractivity contribution is -0.149. The number of hydrogen-bond acceptors (Lipinski definition) is 7. The number of benzene rings is 1. The molecule has 1 aromatic rings. The first-order valence-corrected chi connectivity index (χ1v) is 10.1. The van der Waals surface area contributed by atoms with Gasteiger partial charge in [-0.3, -0.25) is 14.9 Å². The summed E-state index contributed by atoms with van der Waals surface area (Å²) in [5, 5.41) is 1.86. The first-order valence-electron chi connectivity index (χ1n) is 8.63. The fourth-order valence-electron chi connectivity index (χ4n) is 2.50. The number of imide groups is 1. The third-order valence-electron chi connectivity index (χ3n) is 4.11. The minimum absolute atomic E-state index is 0.0784. The van der Waals surface area contributed by atoms with Crippen molar-refractivity contribution in [3.8, 4) is 0 Å². The molecule has 0 aliphatic carbocycles. The van der Waals surface area contributed by atoms with Crippen LogP contribution in [0.4, 0.5) is 4.79 Å². The molecule has 28 heavy (non-hydrogen) atoms. The van der Waals surface area contributed by atoms with Crippen LogP contribution in [0.25, 0.3) is 0 Å². The molecule has 2 N–H and O–H groups in total. The van der Waals surface area contributed by atoms with Gasteiger partial charge in [-0.25, -0.2) is 13.2 Å². The van der Waals surface area contributed by atoms with Crippen LogP contribution in [0.15, 0.2) is 11.0 Å². The molecule has 1 aromatic carbocycles. The van der Waals surface area contributed by atoms with Gasteiger partial charge in [0.05, 0.1) is 11.5 Å². The number of ether oxygens (including phenoxy) is 2. The van der Waals surface area contributed by atoms with Crippen LogP contribution >= 0.6 is 0 Å². The van der Waals surface area contributed by atoms with Gasteiger partial charge in [-0.2, -0.15) is 4.72 Å². The third-order valence-corrected chi connectivity index (χ3v) is 5.93. The van der Waals surface area contributed by atoms with Crippen molar-refractivity contribution in [2.45, 2.75) is 52.5 Å². The molecule has 156 valence electrons. The number of esters is 1. The van der Waals surface area contributed by atoms with Crippen LogP contribution in [0.2, 0.25) is 0 Å². The van der Waals surface area contributed by atoms with E-state index in [-0.39, 0.29) is 11.5 Å². The molecule has 0 fully saturated rings. The predicted molar refractivity (Wildman–Crippen MR) is 101 cm³/mol. The standard InChI is InChI=1S/C18H26N2O7S/c1-7-26-18(23)19-15(21)9-27-17(22)14(6)20-28(24,25)16-12(4)10(2)8-11(3)13(16)5/h8,14,20H,7,9H2,1-6H3,(H,19,21,23)/t14-/m0/s1. The van der Waals surface area contributed by atoms with E-state index in [4.69, 9.17) is 4.74 Å². The Kier molecular flexibility index (Phi) is 8.13. The molecule has 0 bridgehead atoms. The smallest absolute Gasteiger partial charge is 0.413 e. The van der Waals surface area contributed by atoms with Gasteiger partial charge >= 0.3 is 12.1 Å². The number of rotatable bonds is 7. The fourth-order valence-corrected chi connectivity index (χ4v) is 4.31. The molecular formula is C18H26N2O7S. The summed E-state index contributed by atoms with van der Waals surface area (Å²) in [5.41, 5.74) is 2.80. The molecule has 0 aliphatic rings. The Morgan fingerprint density at radius 2 is 1.57 bits per heavy atom. The van der Waals surface area contributed by atoms with Crippen LogP contribution in [-0.2, 0) is 29.1 Å². The SMILES string of the molecule is CCOC(=O)NC(=O)COC(=O)[C@H](C)NS(=O)(=O)c1c(C)c(C)cc(C)c1C. The molecule has 1 rings (SSSR count). The van der Waals surface area contributed by atoms with E-state index in [1.54, 1.807) is 34.6 Å². The topological polar surface area (TPSA) is 128 Å².